The summed E-state index contributed by atoms with van der Waals surface area (Å²) in [4.78, 5) is 9.99. The number of benzene rings is 1. The number of hydrogen-bond acceptors (Lipinski definition) is 4. The van der Waals surface area contributed by atoms with E-state index in [1.807, 2.05) is 13.8 Å². The maximum absolute atomic E-state index is 10.6. The smallest absolute Gasteiger partial charge is 0.310 e. The molecule has 0 heterocycles. The monoisotopic (exact) mass is 225 g/mol. The van der Waals surface area contributed by atoms with Gasteiger partial charge in [-0.25, -0.2) is 0 Å². The van der Waals surface area contributed by atoms with Gasteiger partial charge in [0.25, 0.3) is 0 Å². The molecule has 0 saturated carbocycles. The summed E-state index contributed by atoms with van der Waals surface area (Å²) in [5.41, 5.74) is 0.0972. The van der Waals surface area contributed by atoms with E-state index < -0.39 is 4.92 Å². The first-order valence-corrected chi connectivity index (χ1v) is 4.93. The number of nitro benzene ring substituents is 1. The number of nitro groups is 1. The Bertz CT molecular complexity index is 401. The fraction of sp³-hybridized carbons (Fsp3) is 0.455. The number of phenols is 1. The molecule has 1 aromatic rings. The molecule has 16 heavy (non-hydrogen) atoms. The minimum Gasteiger partial charge on any atom is -0.502 e. The molecule has 0 saturated heterocycles. The second-order valence-corrected chi connectivity index (χ2v) is 4.58. The highest BCUT2D eigenvalue weighted by atomic mass is 16.6. The first kappa shape index (κ1) is 12.4. The summed E-state index contributed by atoms with van der Waals surface area (Å²) in [6.45, 7) is 3.74. The molecule has 0 aliphatic heterocycles. The van der Waals surface area contributed by atoms with Crippen LogP contribution in [0.4, 0.5) is 5.69 Å². The summed E-state index contributed by atoms with van der Waals surface area (Å²) in [7, 11) is 0. The van der Waals surface area contributed by atoms with Gasteiger partial charge < -0.3 is 10.2 Å². The highest BCUT2D eigenvalue weighted by Gasteiger charge is 2.20. The molecule has 0 aromatic heterocycles. The van der Waals surface area contributed by atoms with Crippen LogP contribution in [0.15, 0.2) is 18.2 Å². The zero-order chi connectivity index (χ0) is 12.3. The third-order valence-corrected chi connectivity index (χ3v) is 2.35. The van der Waals surface area contributed by atoms with Crippen molar-refractivity contribution in [1.82, 2.24) is 0 Å². The first-order valence-electron chi connectivity index (χ1n) is 4.93. The summed E-state index contributed by atoms with van der Waals surface area (Å²) in [6, 6.07) is 4.27. The average Bonchev–Trinajstić information content (AvgIpc) is 2.20. The van der Waals surface area contributed by atoms with E-state index in [1.165, 1.54) is 12.1 Å². The van der Waals surface area contributed by atoms with Gasteiger partial charge in [0.2, 0.25) is 0 Å². The van der Waals surface area contributed by atoms with Gasteiger partial charge in [-0.2, -0.15) is 0 Å². The van der Waals surface area contributed by atoms with Crippen LogP contribution in [0.3, 0.4) is 0 Å². The largest absolute Gasteiger partial charge is 0.502 e. The Morgan fingerprint density at radius 2 is 2.06 bits per heavy atom. The second-order valence-electron chi connectivity index (χ2n) is 4.58. The molecule has 5 nitrogen and oxygen atoms in total. The van der Waals surface area contributed by atoms with Crippen LogP contribution < -0.4 is 0 Å². The zero-order valence-corrected chi connectivity index (χ0v) is 9.30. The van der Waals surface area contributed by atoms with Gasteiger partial charge in [0.05, 0.1) is 4.92 Å². The van der Waals surface area contributed by atoms with Crippen molar-refractivity contribution in [3.05, 3.63) is 33.9 Å². The van der Waals surface area contributed by atoms with Crippen LogP contribution >= 0.6 is 0 Å². The predicted octanol–water partition coefficient (Wildman–Crippen LogP) is 1.86. The minimum absolute atomic E-state index is 0.00166. The van der Waals surface area contributed by atoms with E-state index in [9.17, 15) is 15.2 Å². The minimum atomic E-state index is -0.620. The number of rotatable bonds is 4. The molecule has 0 atom stereocenters. The number of phenolic OH excluding ortho intramolecular Hbond substituents is 1. The van der Waals surface area contributed by atoms with Crippen molar-refractivity contribution >= 4 is 5.69 Å². The molecule has 0 unspecified atom stereocenters. The highest BCUT2D eigenvalue weighted by Crippen LogP contribution is 2.29. The Labute approximate surface area is 93.5 Å². The van der Waals surface area contributed by atoms with Gasteiger partial charge in [-0.05, 0) is 23.5 Å². The van der Waals surface area contributed by atoms with Gasteiger partial charge in [0, 0.05) is 12.7 Å². The average molecular weight is 225 g/mol. The summed E-state index contributed by atoms with van der Waals surface area (Å²) in [5.74, 6) is -0.337. The fourth-order valence-corrected chi connectivity index (χ4v) is 1.43. The van der Waals surface area contributed by atoms with Gasteiger partial charge in [-0.3, -0.25) is 10.1 Å². The van der Waals surface area contributed by atoms with E-state index in [4.69, 9.17) is 5.11 Å². The molecule has 0 bridgehead atoms. The van der Waals surface area contributed by atoms with Crippen molar-refractivity contribution in [3.63, 3.8) is 0 Å². The number of nitrogens with zero attached hydrogens (tertiary/aromatic N) is 1. The molecule has 1 rings (SSSR count). The number of hydrogen-bond donors (Lipinski definition) is 2. The van der Waals surface area contributed by atoms with Gasteiger partial charge >= 0.3 is 5.69 Å². The molecule has 0 aliphatic rings. The molecule has 5 heteroatoms. The normalized spacial score (nSPS) is 11.4. The maximum Gasteiger partial charge on any atom is 0.310 e. The molecule has 88 valence electrons. The summed E-state index contributed by atoms with van der Waals surface area (Å²) < 4.78 is 0. The van der Waals surface area contributed by atoms with E-state index >= 15 is 0 Å². The highest BCUT2D eigenvalue weighted by molar-refractivity contribution is 5.47. The predicted molar refractivity (Wildman–Crippen MR) is 59.3 cm³/mol. The van der Waals surface area contributed by atoms with Crippen molar-refractivity contribution in [2.45, 2.75) is 20.3 Å². The molecule has 0 spiro atoms. The second kappa shape index (κ2) is 4.49. The SMILES string of the molecule is CC(C)(CO)Cc1ccc(O)c([N+](=O)[O-])c1. The van der Waals surface area contributed by atoms with Gasteiger partial charge in [-0.1, -0.05) is 19.9 Å². The van der Waals surface area contributed by atoms with E-state index in [1.54, 1.807) is 6.07 Å². The van der Waals surface area contributed by atoms with Crippen LogP contribution in [-0.2, 0) is 6.42 Å². The van der Waals surface area contributed by atoms with Crippen molar-refractivity contribution in [2.24, 2.45) is 5.41 Å². The van der Waals surface area contributed by atoms with Crippen LogP contribution in [0, 0.1) is 15.5 Å². The van der Waals surface area contributed by atoms with Crippen LogP contribution in [0.2, 0.25) is 0 Å². The molecule has 1 aromatic carbocycles. The van der Waals surface area contributed by atoms with E-state index in [0.717, 1.165) is 5.56 Å². The molecule has 0 fully saturated rings. The molecular formula is C11H15NO4. The topological polar surface area (TPSA) is 83.6 Å². The maximum atomic E-state index is 10.6. The molecule has 2 N–H and O–H groups in total. The Kier molecular flexibility index (Phi) is 3.49. The lowest BCUT2D eigenvalue weighted by atomic mass is 9.86. The van der Waals surface area contributed by atoms with E-state index in [2.05, 4.69) is 0 Å². The summed E-state index contributed by atoms with van der Waals surface area (Å²) in [5, 5.41) is 29.0. The first-order chi connectivity index (χ1) is 7.35. The van der Waals surface area contributed by atoms with Crippen molar-refractivity contribution < 1.29 is 15.1 Å². The lowest BCUT2D eigenvalue weighted by Gasteiger charge is -2.21. The lowest BCUT2D eigenvalue weighted by molar-refractivity contribution is -0.385. The summed E-state index contributed by atoms with van der Waals surface area (Å²) in [6.07, 6.45) is 0.518. The van der Waals surface area contributed by atoms with Crippen molar-refractivity contribution in [1.29, 1.82) is 0 Å². The quantitative estimate of drug-likeness (QED) is 0.605. The van der Waals surface area contributed by atoms with Gasteiger partial charge in [0.15, 0.2) is 5.75 Å². The lowest BCUT2D eigenvalue weighted by Crippen LogP contribution is -2.19. The third-order valence-electron chi connectivity index (χ3n) is 2.35. The zero-order valence-electron chi connectivity index (χ0n) is 9.30. The van der Waals surface area contributed by atoms with Crippen LogP contribution in [-0.4, -0.2) is 21.7 Å². The Hall–Kier alpha value is -1.62. The van der Waals surface area contributed by atoms with E-state index in [-0.39, 0.29) is 23.5 Å². The Morgan fingerprint density at radius 1 is 1.44 bits per heavy atom. The summed E-state index contributed by atoms with van der Waals surface area (Å²) >= 11 is 0. The molecule has 0 radical (unpaired) electrons. The number of aromatic hydroxyl groups is 1. The van der Waals surface area contributed by atoms with Gasteiger partial charge in [0.1, 0.15) is 0 Å². The van der Waals surface area contributed by atoms with Crippen molar-refractivity contribution in [2.75, 3.05) is 6.61 Å². The number of aliphatic hydroxyl groups is 1. The van der Waals surface area contributed by atoms with Gasteiger partial charge in [-0.15, -0.1) is 0 Å². The van der Waals surface area contributed by atoms with Crippen molar-refractivity contribution in [3.8, 4) is 5.75 Å². The molecule has 0 amide bonds. The third kappa shape index (κ3) is 2.93. The number of aliphatic hydroxyl groups excluding tert-OH is 1. The Morgan fingerprint density at radius 3 is 2.56 bits per heavy atom. The fourth-order valence-electron chi connectivity index (χ4n) is 1.43. The van der Waals surface area contributed by atoms with Crippen LogP contribution in [0.5, 0.6) is 5.75 Å². The van der Waals surface area contributed by atoms with Crippen LogP contribution in [0.25, 0.3) is 0 Å². The van der Waals surface area contributed by atoms with Crippen LogP contribution in [0.1, 0.15) is 19.4 Å². The Balaban J connectivity index is 3.00. The molecule has 0 aliphatic carbocycles. The van der Waals surface area contributed by atoms with E-state index in [0.29, 0.717) is 6.42 Å². The molecular weight excluding hydrogens is 210 g/mol. The standard InChI is InChI=1S/C11H15NO4/c1-11(2,7-13)6-8-3-4-10(14)9(5-8)12(15)16/h3-5,13-14H,6-7H2,1-2H3.